The molecule has 4 aromatic rings. The maximum Gasteiger partial charge on any atom is 0.252 e. The third-order valence-corrected chi connectivity index (χ3v) is 10.8. The van der Waals surface area contributed by atoms with Crippen LogP contribution in [0.1, 0.15) is 91.5 Å². The molecule has 0 bridgehead atoms. The maximum atomic E-state index is 13.5. The van der Waals surface area contributed by atoms with E-state index in [0.29, 0.717) is 33.3 Å². The molecule has 4 N–H and O–H groups in total. The van der Waals surface area contributed by atoms with Gasteiger partial charge in [0, 0.05) is 50.1 Å². The summed E-state index contributed by atoms with van der Waals surface area (Å²) in [6, 6.07) is 9.87. The number of anilines is 4. The fourth-order valence-electron chi connectivity index (χ4n) is 6.05. The Hall–Kier alpha value is -4.32. The number of amides is 2. The third kappa shape index (κ3) is 10.4. The zero-order valence-corrected chi connectivity index (χ0v) is 29.4. The van der Waals surface area contributed by atoms with Crippen molar-refractivity contribution in [2.24, 2.45) is 0 Å². The molecule has 0 aliphatic heterocycles. The molecule has 0 radical (unpaired) electrons. The van der Waals surface area contributed by atoms with Gasteiger partial charge in [0.05, 0.1) is 24.2 Å². The predicted molar refractivity (Wildman–Crippen MR) is 187 cm³/mol. The monoisotopic (exact) mass is 746 g/mol. The number of halogens is 4. The first-order chi connectivity index (χ1) is 24.4. The number of carbonyl (C=O) groups excluding carboxylic acids is 2. The smallest absolute Gasteiger partial charge is 0.252 e. The van der Waals surface area contributed by atoms with Gasteiger partial charge < -0.3 is 21.3 Å². The van der Waals surface area contributed by atoms with Crippen LogP contribution in [-0.2, 0) is 22.4 Å². The van der Waals surface area contributed by atoms with Crippen molar-refractivity contribution >= 4 is 56.4 Å². The van der Waals surface area contributed by atoms with Crippen LogP contribution in [0.4, 0.5) is 39.5 Å². The second-order valence-electron chi connectivity index (χ2n) is 12.9. The zero-order valence-electron chi connectivity index (χ0n) is 27.8. The lowest BCUT2D eigenvalue weighted by atomic mass is 9.82. The highest BCUT2D eigenvalue weighted by molar-refractivity contribution is 7.15. The zero-order chi connectivity index (χ0) is 36.0. The number of nitrogens with zero attached hydrogens (tertiary/aromatic N) is 6. The first-order valence-electron chi connectivity index (χ1n) is 16.9. The molecule has 0 spiro atoms. The first kappa shape index (κ1) is 36.5. The summed E-state index contributed by atoms with van der Waals surface area (Å²) in [6.07, 6.45) is 2.54. The molecule has 18 heteroatoms. The second kappa shape index (κ2) is 15.9. The first-order valence-corrected chi connectivity index (χ1v) is 18.5. The van der Waals surface area contributed by atoms with Gasteiger partial charge in [-0.3, -0.25) is 9.59 Å². The van der Waals surface area contributed by atoms with E-state index in [4.69, 9.17) is 0 Å². The lowest BCUT2D eigenvalue weighted by Gasteiger charge is -2.35. The van der Waals surface area contributed by atoms with Gasteiger partial charge in [-0.05, 0) is 43.5 Å². The molecule has 6 rings (SSSR count). The lowest BCUT2D eigenvalue weighted by molar-refractivity contribution is -0.116. The van der Waals surface area contributed by atoms with Gasteiger partial charge in [-0.25, -0.2) is 27.5 Å². The summed E-state index contributed by atoms with van der Waals surface area (Å²) >= 11 is 2.65. The van der Waals surface area contributed by atoms with Crippen molar-refractivity contribution in [2.45, 2.75) is 101 Å². The van der Waals surface area contributed by atoms with Crippen LogP contribution in [0.2, 0.25) is 0 Å². The molecule has 2 aliphatic carbocycles. The number of hydrogen-bond acceptors (Lipinski definition) is 12. The Balaban J connectivity index is 0.964. The predicted octanol–water partition coefficient (Wildman–Crippen LogP) is 7.04. The minimum atomic E-state index is -2.73. The standard InChI is InChI=1S/C33H38F4N10O2S2/c1-2-32(34,35)12-13-38-24-10-4-8-21(39-24)15-26(48)42-30-46-44-28(50-30)19-6-3-7-20(14-19)29-45-47-31(51-29)43-27(49)16-22-9-5-11-25(40-22)41-23-17-33(36,37)18-23/h4-5,8-11,19-20,23H,2-3,6-7,12-18H2,1H3,(H,38,39)(H,40,41)(H,42,46,48)(H,43,47,49)/t19-,20-/m0/s1. The van der Waals surface area contributed by atoms with Crippen LogP contribution in [0.3, 0.4) is 0 Å². The molecule has 2 amide bonds. The van der Waals surface area contributed by atoms with Crippen LogP contribution in [0.25, 0.3) is 0 Å². The van der Waals surface area contributed by atoms with Gasteiger partial charge in [0.15, 0.2) is 0 Å². The number of alkyl halides is 4. The molecule has 272 valence electrons. The Labute approximate surface area is 299 Å². The van der Waals surface area contributed by atoms with Gasteiger partial charge in [-0.15, -0.1) is 20.4 Å². The quantitative estimate of drug-likeness (QED) is 0.0930. The molecule has 2 fully saturated rings. The molecule has 4 aromatic heterocycles. The van der Waals surface area contributed by atoms with E-state index in [1.807, 2.05) is 0 Å². The molecule has 2 aliphatic rings. The molecule has 0 saturated heterocycles. The third-order valence-electron chi connectivity index (χ3n) is 8.80. The molecule has 51 heavy (non-hydrogen) atoms. The minimum Gasteiger partial charge on any atom is -0.370 e. The van der Waals surface area contributed by atoms with Gasteiger partial charge in [0.25, 0.3) is 5.92 Å². The molecule has 4 heterocycles. The summed E-state index contributed by atoms with van der Waals surface area (Å²) in [5.74, 6) is -4.86. The fraction of sp³-hybridized carbons (Fsp3) is 0.515. The van der Waals surface area contributed by atoms with Crippen molar-refractivity contribution in [3.63, 3.8) is 0 Å². The van der Waals surface area contributed by atoms with Crippen molar-refractivity contribution in [3.05, 3.63) is 57.8 Å². The second-order valence-corrected chi connectivity index (χ2v) is 14.9. The Morgan fingerprint density at radius 1 is 0.843 bits per heavy atom. The normalized spacial score (nSPS) is 18.8. The Morgan fingerprint density at radius 2 is 1.39 bits per heavy atom. The van der Waals surface area contributed by atoms with Crippen molar-refractivity contribution < 1.29 is 27.2 Å². The van der Waals surface area contributed by atoms with Crippen LogP contribution in [0, 0.1) is 0 Å². The van der Waals surface area contributed by atoms with E-state index in [2.05, 4.69) is 51.6 Å². The van der Waals surface area contributed by atoms with Crippen molar-refractivity contribution in [1.82, 2.24) is 30.4 Å². The van der Waals surface area contributed by atoms with Gasteiger partial charge in [-0.2, -0.15) is 0 Å². The summed E-state index contributed by atoms with van der Waals surface area (Å²) in [5, 5.41) is 31.0. The molecular weight excluding hydrogens is 709 g/mol. The number of carbonyl (C=O) groups is 2. The summed E-state index contributed by atoms with van der Waals surface area (Å²) in [5.41, 5.74) is 0.996. The van der Waals surface area contributed by atoms with Crippen LogP contribution < -0.4 is 21.3 Å². The average Bonchev–Trinajstić information content (AvgIpc) is 3.74. The molecule has 0 unspecified atom stereocenters. The van der Waals surface area contributed by atoms with E-state index < -0.39 is 11.8 Å². The Kier molecular flexibility index (Phi) is 11.4. The highest BCUT2D eigenvalue weighted by Crippen LogP contribution is 2.43. The van der Waals surface area contributed by atoms with Gasteiger partial charge in [-0.1, -0.05) is 48.2 Å². The number of aromatic nitrogens is 6. The van der Waals surface area contributed by atoms with Gasteiger partial charge in [0.1, 0.15) is 21.7 Å². The van der Waals surface area contributed by atoms with E-state index in [-0.39, 0.29) is 74.8 Å². The summed E-state index contributed by atoms with van der Waals surface area (Å²) in [4.78, 5) is 34.3. The summed E-state index contributed by atoms with van der Waals surface area (Å²) in [7, 11) is 0. The summed E-state index contributed by atoms with van der Waals surface area (Å²) < 4.78 is 53.4. The Morgan fingerprint density at radius 3 is 1.94 bits per heavy atom. The van der Waals surface area contributed by atoms with Crippen LogP contribution in [0.5, 0.6) is 0 Å². The van der Waals surface area contributed by atoms with E-state index in [9.17, 15) is 27.2 Å². The molecule has 2 atom stereocenters. The van der Waals surface area contributed by atoms with Crippen molar-refractivity contribution in [3.8, 4) is 0 Å². The summed E-state index contributed by atoms with van der Waals surface area (Å²) in [6.45, 7) is 1.51. The largest absolute Gasteiger partial charge is 0.370 e. The topological polar surface area (TPSA) is 160 Å². The Bertz CT molecular complexity index is 1810. The number of nitrogens with one attached hydrogen (secondary N) is 4. The molecule has 2 saturated carbocycles. The van der Waals surface area contributed by atoms with E-state index >= 15 is 0 Å². The molecule has 0 aromatic carbocycles. The van der Waals surface area contributed by atoms with E-state index in [0.717, 1.165) is 35.7 Å². The highest BCUT2D eigenvalue weighted by Gasteiger charge is 2.45. The van der Waals surface area contributed by atoms with Crippen LogP contribution in [0.15, 0.2) is 36.4 Å². The number of pyridine rings is 2. The SMILES string of the molecule is CCC(F)(F)CCNc1cccc(CC(=O)Nc2nnc([C@H]3CCC[C@H](c4nnc(NC(=O)Cc5cccc(NC6CC(F)(F)C6)n5)s4)C3)s2)n1. The van der Waals surface area contributed by atoms with Crippen molar-refractivity contribution in [2.75, 3.05) is 27.8 Å². The molecule has 12 nitrogen and oxygen atoms in total. The van der Waals surface area contributed by atoms with Crippen LogP contribution in [-0.4, -0.2) is 66.6 Å². The van der Waals surface area contributed by atoms with Gasteiger partial charge in [0.2, 0.25) is 28.0 Å². The number of rotatable bonds is 15. The molecular formula is C33H38F4N10O2S2. The van der Waals surface area contributed by atoms with Crippen molar-refractivity contribution in [1.29, 1.82) is 0 Å². The number of hydrogen-bond donors (Lipinski definition) is 4. The van der Waals surface area contributed by atoms with E-state index in [1.54, 1.807) is 36.4 Å². The van der Waals surface area contributed by atoms with Crippen LogP contribution >= 0.6 is 22.7 Å². The van der Waals surface area contributed by atoms with E-state index in [1.165, 1.54) is 29.6 Å². The maximum absolute atomic E-state index is 13.5. The minimum absolute atomic E-state index is 0.00430. The fourth-order valence-corrected chi connectivity index (χ4v) is 7.87. The van der Waals surface area contributed by atoms with Gasteiger partial charge >= 0.3 is 0 Å². The lowest BCUT2D eigenvalue weighted by Crippen LogP contribution is -2.44. The highest BCUT2D eigenvalue weighted by atomic mass is 32.1. The average molecular weight is 747 g/mol.